The Morgan fingerprint density at radius 3 is 1.86 bits per heavy atom. The van der Waals surface area contributed by atoms with Crippen molar-refractivity contribution >= 4 is 24.0 Å². The lowest BCUT2D eigenvalue weighted by molar-refractivity contribution is -0.136. The Balaban J connectivity index is 2.43. The van der Waals surface area contributed by atoms with Crippen LogP contribution in [0.3, 0.4) is 0 Å². The van der Waals surface area contributed by atoms with Crippen molar-refractivity contribution in [3.05, 3.63) is 17.7 Å². The van der Waals surface area contributed by atoms with E-state index in [9.17, 15) is 13.2 Å². The maximum absolute atomic E-state index is 12.8. The Morgan fingerprint density at radius 1 is 0.952 bits per heavy atom. The van der Waals surface area contributed by atoms with Crippen LogP contribution in [0.25, 0.3) is 0 Å². The molecule has 0 unspecified atom stereocenters. The monoisotopic (exact) mass is 302 g/mol. The van der Waals surface area contributed by atoms with Gasteiger partial charge in [0.25, 0.3) is 0 Å². The highest BCUT2D eigenvalue weighted by Crippen LogP contribution is 2.39. The molecule has 21 heavy (non-hydrogen) atoms. The van der Waals surface area contributed by atoms with Gasteiger partial charge >= 0.3 is 13.3 Å². The zero-order chi connectivity index (χ0) is 16.2. The lowest BCUT2D eigenvalue weighted by atomic mass is 9.77. The van der Waals surface area contributed by atoms with Crippen LogP contribution in [0.4, 0.5) is 24.5 Å². The molecule has 8 heteroatoms. The molecule has 1 aliphatic rings. The van der Waals surface area contributed by atoms with Gasteiger partial charge in [0, 0.05) is 5.46 Å². The molecule has 0 atom stereocenters. The van der Waals surface area contributed by atoms with E-state index in [1.807, 2.05) is 27.7 Å². The van der Waals surface area contributed by atoms with Gasteiger partial charge in [0.1, 0.15) is 0 Å². The lowest BCUT2D eigenvalue weighted by Crippen LogP contribution is -2.41. The van der Waals surface area contributed by atoms with Gasteiger partial charge in [0.05, 0.1) is 28.1 Å². The summed E-state index contributed by atoms with van der Waals surface area (Å²) in [5.41, 5.74) is 8.73. The molecule has 1 aromatic carbocycles. The van der Waals surface area contributed by atoms with Gasteiger partial charge in [-0.2, -0.15) is 13.2 Å². The highest BCUT2D eigenvalue weighted by molar-refractivity contribution is 6.64. The molecule has 0 radical (unpaired) electrons. The fourth-order valence-corrected chi connectivity index (χ4v) is 2.08. The summed E-state index contributed by atoms with van der Waals surface area (Å²) in [4.78, 5) is 0. The van der Waals surface area contributed by atoms with Crippen molar-refractivity contribution in [3.63, 3.8) is 0 Å². The molecule has 4 nitrogen and oxygen atoms in total. The summed E-state index contributed by atoms with van der Waals surface area (Å²) < 4.78 is 49.9. The van der Waals surface area contributed by atoms with E-state index in [0.717, 1.165) is 6.07 Å². The van der Waals surface area contributed by atoms with Gasteiger partial charge in [0.15, 0.2) is 0 Å². The molecular weight excluding hydrogens is 284 g/mol. The summed E-state index contributed by atoms with van der Waals surface area (Å²) in [6, 6.07) is 2.14. The molecular formula is C13H18BF3N2O2. The third-order valence-corrected chi connectivity index (χ3v) is 4.13. The molecule has 2 rings (SSSR count). The summed E-state index contributed by atoms with van der Waals surface area (Å²) in [5.74, 6) is 0. The molecule has 1 fully saturated rings. The summed E-state index contributed by atoms with van der Waals surface area (Å²) in [5, 5.41) is 0. The Labute approximate surface area is 121 Å². The van der Waals surface area contributed by atoms with Gasteiger partial charge in [-0.05, 0) is 33.8 Å². The second-order valence-corrected chi connectivity index (χ2v) is 6.12. The van der Waals surface area contributed by atoms with Crippen molar-refractivity contribution in [1.82, 2.24) is 0 Å². The van der Waals surface area contributed by atoms with Crippen molar-refractivity contribution in [3.8, 4) is 0 Å². The summed E-state index contributed by atoms with van der Waals surface area (Å²) in [6.07, 6.45) is -4.55. The summed E-state index contributed by atoms with van der Waals surface area (Å²) in [6.45, 7) is 7.38. The number of alkyl halides is 3. The quantitative estimate of drug-likeness (QED) is 0.616. The van der Waals surface area contributed by atoms with Gasteiger partial charge < -0.3 is 20.8 Å². The van der Waals surface area contributed by atoms with E-state index in [0.29, 0.717) is 5.46 Å². The zero-order valence-corrected chi connectivity index (χ0v) is 12.3. The molecule has 0 saturated carbocycles. The normalized spacial score (nSPS) is 20.8. The van der Waals surface area contributed by atoms with E-state index in [2.05, 4.69) is 0 Å². The maximum atomic E-state index is 12.8. The third kappa shape index (κ3) is 2.57. The lowest BCUT2D eigenvalue weighted by Gasteiger charge is -2.32. The van der Waals surface area contributed by atoms with Crippen LogP contribution in [0.15, 0.2) is 12.1 Å². The predicted octanol–water partition coefficient (Wildman–Crippen LogP) is 2.17. The average molecular weight is 302 g/mol. The minimum Gasteiger partial charge on any atom is -0.399 e. The zero-order valence-electron chi connectivity index (χ0n) is 12.3. The fraction of sp³-hybridized carbons (Fsp3) is 0.538. The molecule has 1 heterocycles. The number of anilines is 2. The fourth-order valence-electron chi connectivity index (χ4n) is 2.08. The minimum atomic E-state index is -4.55. The summed E-state index contributed by atoms with van der Waals surface area (Å²) >= 11 is 0. The number of benzene rings is 1. The first kappa shape index (κ1) is 16.0. The molecule has 1 aliphatic heterocycles. The number of nitrogen functional groups attached to an aromatic ring is 2. The van der Waals surface area contributed by atoms with Crippen LogP contribution in [-0.4, -0.2) is 18.3 Å². The molecule has 116 valence electrons. The molecule has 4 N–H and O–H groups in total. The van der Waals surface area contributed by atoms with Crippen LogP contribution < -0.4 is 16.9 Å². The molecule has 1 saturated heterocycles. The van der Waals surface area contributed by atoms with Crippen molar-refractivity contribution in [2.75, 3.05) is 11.5 Å². The second-order valence-electron chi connectivity index (χ2n) is 6.12. The van der Waals surface area contributed by atoms with Crippen LogP contribution in [0.5, 0.6) is 0 Å². The van der Waals surface area contributed by atoms with E-state index in [-0.39, 0.29) is 5.69 Å². The number of halogens is 3. The Kier molecular flexibility index (Phi) is 3.46. The molecule has 0 aliphatic carbocycles. The number of rotatable bonds is 1. The Morgan fingerprint density at radius 2 is 1.43 bits per heavy atom. The second kappa shape index (κ2) is 4.54. The van der Waals surface area contributed by atoms with Crippen molar-refractivity contribution < 1.29 is 22.5 Å². The van der Waals surface area contributed by atoms with E-state index in [1.54, 1.807) is 0 Å². The number of nitrogens with two attached hydrogens (primary N) is 2. The van der Waals surface area contributed by atoms with Gasteiger partial charge in [-0.1, -0.05) is 6.07 Å². The average Bonchev–Trinajstić information content (AvgIpc) is 2.50. The SMILES string of the molecule is CC1(C)OB(c2ccc(C(F)(F)F)c(N)c2N)OC1(C)C. The molecule has 0 spiro atoms. The topological polar surface area (TPSA) is 70.5 Å². The third-order valence-electron chi connectivity index (χ3n) is 4.13. The highest BCUT2D eigenvalue weighted by Gasteiger charge is 2.52. The number of hydrogen-bond acceptors (Lipinski definition) is 4. The predicted molar refractivity (Wildman–Crippen MR) is 76.0 cm³/mol. The van der Waals surface area contributed by atoms with Crippen molar-refractivity contribution in [2.24, 2.45) is 0 Å². The Hall–Kier alpha value is -1.41. The molecule has 1 aromatic rings. The van der Waals surface area contributed by atoms with Crippen LogP contribution in [0.1, 0.15) is 33.3 Å². The van der Waals surface area contributed by atoms with Gasteiger partial charge in [-0.3, -0.25) is 0 Å². The van der Waals surface area contributed by atoms with Gasteiger partial charge in [0.2, 0.25) is 0 Å². The summed E-state index contributed by atoms with van der Waals surface area (Å²) in [7, 11) is -0.848. The van der Waals surface area contributed by atoms with Crippen LogP contribution in [0.2, 0.25) is 0 Å². The number of hydrogen-bond donors (Lipinski definition) is 2. The first-order chi connectivity index (χ1) is 9.37. The molecule has 0 bridgehead atoms. The van der Waals surface area contributed by atoms with Crippen LogP contribution in [0, 0.1) is 0 Å². The first-order valence-electron chi connectivity index (χ1n) is 6.47. The highest BCUT2D eigenvalue weighted by atomic mass is 19.4. The van der Waals surface area contributed by atoms with Gasteiger partial charge in [-0.25, -0.2) is 0 Å². The van der Waals surface area contributed by atoms with Crippen LogP contribution >= 0.6 is 0 Å². The van der Waals surface area contributed by atoms with E-state index >= 15 is 0 Å². The van der Waals surface area contributed by atoms with Crippen molar-refractivity contribution in [2.45, 2.75) is 45.1 Å². The maximum Gasteiger partial charge on any atom is 0.497 e. The van der Waals surface area contributed by atoms with E-state index in [1.165, 1.54) is 6.07 Å². The molecule has 0 aromatic heterocycles. The largest absolute Gasteiger partial charge is 0.497 e. The van der Waals surface area contributed by atoms with E-state index < -0.39 is 35.7 Å². The Bertz CT molecular complexity index is 557. The standard InChI is InChI=1S/C13H18BF3N2O2/c1-11(2)12(3,4)21-14(20-11)8-6-5-7(13(15,16)17)9(18)10(8)19/h5-6H,18-19H2,1-4H3. The van der Waals surface area contributed by atoms with Gasteiger partial charge in [-0.15, -0.1) is 0 Å². The molecule has 0 amide bonds. The van der Waals surface area contributed by atoms with Crippen molar-refractivity contribution in [1.29, 1.82) is 0 Å². The smallest absolute Gasteiger partial charge is 0.399 e. The van der Waals surface area contributed by atoms with E-state index in [4.69, 9.17) is 20.8 Å². The van der Waals surface area contributed by atoms with Crippen LogP contribution in [-0.2, 0) is 15.5 Å². The minimum absolute atomic E-state index is 0.164. The first-order valence-corrected chi connectivity index (χ1v) is 6.47.